The van der Waals surface area contributed by atoms with E-state index in [1.165, 1.54) is 5.56 Å². The zero-order valence-electron chi connectivity index (χ0n) is 12.1. The van der Waals surface area contributed by atoms with Crippen LogP contribution in [0.3, 0.4) is 0 Å². The third kappa shape index (κ3) is 3.97. The lowest BCUT2D eigenvalue weighted by Crippen LogP contribution is -2.45. The zero-order valence-corrected chi connectivity index (χ0v) is 15.3. The minimum absolute atomic E-state index is 0.394. The first-order valence-corrected chi connectivity index (χ1v) is 8.76. The van der Waals surface area contributed by atoms with Crippen LogP contribution in [0.5, 0.6) is 0 Å². The summed E-state index contributed by atoms with van der Waals surface area (Å²) in [5.41, 5.74) is 8.44. The predicted octanol–water partition coefficient (Wildman–Crippen LogP) is 3.79. The smallest absolute Gasteiger partial charge is 0.0507 e. The molecule has 1 aliphatic heterocycles. The van der Waals surface area contributed by atoms with Gasteiger partial charge in [0.25, 0.3) is 0 Å². The molecule has 1 aromatic carbocycles. The molecule has 1 aliphatic rings. The molecule has 1 aromatic rings. The van der Waals surface area contributed by atoms with E-state index in [-0.39, 0.29) is 0 Å². The van der Waals surface area contributed by atoms with Crippen molar-refractivity contribution in [2.45, 2.75) is 26.3 Å². The van der Waals surface area contributed by atoms with Gasteiger partial charge in [-0.3, -0.25) is 4.90 Å². The first-order valence-electron chi connectivity index (χ1n) is 7.18. The maximum absolute atomic E-state index is 6.32. The molecule has 0 saturated carbocycles. The fraction of sp³-hybridized carbons (Fsp3) is 0.600. The summed E-state index contributed by atoms with van der Waals surface area (Å²) in [4.78, 5) is 2.56. The van der Waals surface area contributed by atoms with Crippen molar-refractivity contribution in [1.82, 2.24) is 10.2 Å². The number of nitrogen functional groups attached to an aromatic ring is 1. The van der Waals surface area contributed by atoms with Gasteiger partial charge in [0, 0.05) is 41.2 Å². The molecular formula is C15H23Br2N3. The van der Waals surface area contributed by atoms with Crippen molar-refractivity contribution in [3.63, 3.8) is 0 Å². The molecule has 5 heteroatoms. The van der Waals surface area contributed by atoms with Crippen LogP contribution in [0.1, 0.15) is 31.9 Å². The van der Waals surface area contributed by atoms with Gasteiger partial charge in [-0.05, 0) is 46.0 Å². The van der Waals surface area contributed by atoms with E-state index in [1.807, 2.05) is 6.07 Å². The van der Waals surface area contributed by atoms with E-state index in [1.54, 1.807) is 0 Å². The monoisotopic (exact) mass is 403 g/mol. The topological polar surface area (TPSA) is 41.3 Å². The van der Waals surface area contributed by atoms with E-state index >= 15 is 0 Å². The van der Waals surface area contributed by atoms with Gasteiger partial charge in [-0.15, -0.1) is 0 Å². The van der Waals surface area contributed by atoms with Crippen LogP contribution < -0.4 is 11.1 Å². The average Bonchev–Trinajstić information content (AvgIpc) is 2.41. The minimum Gasteiger partial charge on any atom is -0.398 e. The number of benzene rings is 1. The molecule has 0 aromatic heterocycles. The Morgan fingerprint density at radius 1 is 1.25 bits per heavy atom. The molecule has 0 aliphatic carbocycles. The van der Waals surface area contributed by atoms with Gasteiger partial charge in [0.15, 0.2) is 0 Å². The average molecular weight is 405 g/mol. The molecule has 20 heavy (non-hydrogen) atoms. The number of nitrogens with two attached hydrogens (primary N) is 1. The maximum atomic E-state index is 6.32. The number of nitrogens with zero attached hydrogens (tertiary/aromatic N) is 1. The van der Waals surface area contributed by atoms with Crippen molar-refractivity contribution in [1.29, 1.82) is 0 Å². The van der Waals surface area contributed by atoms with Crippen LogP contribution in [0.2, 0.25) is 0 Å². The Kier molecular flexibility index (Phi) is 5.90. The number of hydrogen-bond donors (Lipinski definition) is 2. The Morgan fingerprint density at radius 2 is 1.90 bits per heavy atom. The lowest BCUT2D eigenvalue weighted by Gasteiger charge is -2.37. The van der Waals surface area contributed by atoms with Crippen molar-refractivity contribution in [3.05, 3.63) is 26.6 Å². The van der Waals surface area contributed by atoms with Gasteiger partial charge in [0.1, 0.15) is 0 Å². The van der Waals surface area contributed by atoms with Crippen LogP contribution in [0, 0.1) is 5.92 Å². The second kappa shape index (κ2) is 7.25. The highest BCUT2D eigenvalue weighted by Crippen LogP contribution is 2.37. The Labute approximate surface area is 138 Å². The molecule has 1 heterocycles. The lowest BCUT2D eigenvalue weighted by atomic mass is 9.94. The van der Waals surface area contributed by atoms with Crippen molar-refractivity contribution in [2.75, 3.05) is 31.9 Å². The summed E-state index contributed by atoms with van der Waals surface area (Å²) in [5, 5.41) is 3.42. The molecule has 1 saturated heterocycles. The summed E-state index contributed by atoms with van der Waals surface area (Å²) in [6, 6.07) is 4.59. The Hall–Kier alpha value is -0.100. The molecule has 0 spiro atoms. The normalized spacial score (nSPS) is 18.4. The fourth-order valence-corrected chi connectivity index (χ4v) is 4.05. The van der Waals surface area contributed by atoms with Crippen molar-refractivity contribution < 1.29 is 0 Å². The maximum Gasteiger partial charge on any atom is 0.0507 e. The highest BCUT2D eigenvalue weighted by molar-refractivity contribution is 9.11. The van der Waals surface area contributed by atoms with Gasteiger partial charge in [-0.25, -0.2) is 0 Å². The molecule has 3 N–H and O–H groups in total. The number of rotatable bonds is 4. The number of hydrogen-bond acceptors (Lipinski definition) is 3. The third-order valence-electron chi connectivity index (χ3n) is 3.77. The third-order valence-corrected chi connectivity index (χ3v) is 4.89. The second-order valence-electron chi connectivity index (χ2n) is 5.82. The number of anilines is 1. The quantitative estimate of drug-likeness (QED) is 0.750. The molecule has 0 radical (unpaired) electrons. The van der Waals surface area contributed by atoms with E-state index in [9.17, 15) is 0 Å². The molecule has 1 atom stereocenters. The van der Waals surface area contributed by atoms with Crippen molar-refractivity contribution >= 4 is 37.5 Å². The molecule has 112 valence electrons. The fourth-order valence-electron chi connectivity index (χ4n) is 2.79. The number of piperazine rings is 1. The van der Waals surface area contributed by atoms with Crippen LogP contribution in [-0.4, -0.2) is 31.1 Å². The lowest BCUT2D eigenvalue weighted by molar-refractivity contribution is 0.154. The summed E-state index contributed by atoms with van der Waals surface area (Å²) in [6.07, 6.45) is 1.13. The van der Waals surface area contributed by atoms with E-state index in [0.29, 0.717) is 12.0 Å². The van der Waals surface area contributed by atoms with Gasteiger partial charge in [-0.2, -0.15) is 0 Å². The van der Waals surface area contributed by atoms with Gasteiger partial charge in [-0.1, -0.05) is 29.8 Å². The summed E-state index contributed by atoms with van der Waals surface area (Å²) in [7, 11) is 0. The Morgan fingerprint density at radius 3 is 2.50 bits per heavy atom. The molecule has 1 fully saturated rings. The largest absolute Gasteiger partial charge is 0.398 e. The highest BCUT2D eigenvalue weighted by atomic mass is 79.9. The Balaban J connectivity index is 2.34. The summed E-state index contributed by atoms with van der Waals surface area (Å²) >= 11 is 7.16. The van der Waals surface area contributed by atoms with Crippen molar-refractivity contribution in [3.8, 4) is 0 Å². The van der Waals surface area contributed by atoms with Crippen LogP contribution in [0.15, 0.2) is 21.1 Å². The van der Waals surface area contributed by atoms with Crippen LogP contribution in [0.25, 0.3) is 0 Å². The first-order chi connectivity index (χ1) is 9.49. The van der Waals surface area contributed by atoms with E-state index in [2.05, 4.69) is 62.0 Å². The number of nitrogens with one attached hydrogen (secondary N) is 1. The molecule has 2 rings (SSSR count). The van der Waals surface area contributed by atoms with E-state index in [4.69, 9.17) is 5.73 Å². The van der Waals surface area contributed by atoms with Gasteiger partial charge in [0.05, 0.1) is 5.69 Å². The van der Waals surface area contributed by atoms with E-state index in [0.717, 1.165) is 47.2 Å². The molecule has 3 nitrogen and oxygen atoms in total. The van der Waals surface area contributed by atoms with Crippen LogP contribution >= 0.6 is 31.9 Å². The SMILES string of the molecule is CC(C)C[C@@H](c1cc(Br)cc(Br)c1N)N1CCNCC1. The standard InChI is InChI=1S/C15H23Br2N3/c1-10(2)7-14(20-5-3-19-4-6-20)12-8-11(16)9-13(17)15(12)18/h8-10,14,19H,3-7,18H2,1-2H3/t14-/m0/s1. The van der Waals surface area contributed by atoms with Gasteiger partial charge in [0.2, 0.25) is 0 Å². The second-order valence-corrected chi connectivity index (χ2v) is 7.59. The van der Waals surface area contributed by atoms with Crippen molar-refractivity contribution in [2.24, 2.45) is 5.92 Å². The van der Waals surface area contributed by atoms with Crippen LogP contribution in [0.4, 0.5) is 5.69 Å². The molecular weight excluding hydrogens is 382 g/mol. The summed E-state index contributed by atoms with van der Waals surface area (Å²) in [6.45, 7) is 8.84. The first kappa shape index (κ1) is 16.3. The van der Waals surface area contributed by atoms with E-state index < -0.39 is 0 Å². The van der Waals surface area contributed by atoms with Gasteiger partial charge >= 0.3 is 0 Å². The predicted molar refractivity (Wildman–Crippen MR) is 92.9 cm³/mol. The summed E-state index contributed by atoms with van der Waals surface area (Å²) < 4.78 is 2.06. The number of halogens is 2. The van der Waals surface area contributed by atoms with Gasteiger partial charge < -0.3 is 11.1 Å². The highest BCUT2D eigenvalue weighted by Gasteiger charge is 2.25. The zero-order chi connectivity index (χ0) is 14.7. The molecule has 0 unspecified atom stereocenters. The molecule has 0 amide bonds. The minimum atomic E-state index is 0.394. The molecule has 0 bridgehead atoms. The Bertz CT molecular complexity index is 457. The summed E-state index contributed by atoms with van der Waals surface area (Å²) in [5.74, 6) is 0.645. The van der Waals surface area contributed by atoms with Crippen LogP contribution in [-0.2, 0) is 0 Å².